The van der Waals surface area contributed by atoms with Crippen molar-refractivity contribution >= 4 is 45.2 Å². The van der Waals surface area contributed by atoms with Crippen LogP contribution in [0.1, 0.15) is 11.7 Å². The first-order valence-electron chi connectivity index (χ1n) is 6.70. The van der Waals surface area contributed by atoms with Crippen molar-refractivity contribution in [2.45, 2.75) is 6.92 Å². The smallest absolute Gasteiger partial charge is 0.267 e. The normalized spacial score (nSPS) is 11.5. The highest BCUT2D eigenvalue weighted by Gasteiger charge is 2.17. The van der Waals surface area contributed by atoms with E-state index in [0.717, 1.165) is 0 Å². The van der Waals surface area contributed by atoms with Crippen molar-refractivity contribution in [3.63, 3.8) is 0 Å². The van der Waals surface area contributed by atoms with E-state index in [4.69, 9.17) is 11.6 Å². The van der Waals surface area contributed by atoms with Crippen molar-refractivity contribution in [3.8, 4) is 0 Å². The maximum absolute atomic E-state index is 12.8. The second kappa shape index (κ2) is 4.42. The Morgan fingerprint density at radius 2 is 1.86 bits per heavy atom. The predicted molar refractivity (Wildman–Crippen MR) is 85.8 cm³/mol. The van der Waals surface area contributed by atoms with Gasteiger partial charge in [-0.05, 0) is 30.3 Å². The van der Waals surface area contributed by atoms with Crippen molar-refractivity contribution in [2.75, 3.05) is 0 Å². The van der Waals surface area contributed by atoms with E-state index >= 15 is 0 Å². The molecular weight excluding hydrogens is 302 g/mol. The summed E-state index contributed by atoms with van der Waals surface area (Å²) in [6, 6.07) is 12.2. The standard InChI is InChI=1S/C16H10ClN3O2/c1-9(21)19-13-4-2-3-5-14(13)20-15(22)11-7-6-10(17)8-12(11)18-16(19)20/h2-8H,1H3. The second-order valence-electron chi connectivity index (χ2n) is 5.06. The van der Waals surface area contributed by atoms with Gasteiger partial charge in [0.05, 0.1) is 21.9 Å². The van der Waals surface area contributed by atoms with E-state index in [1.165, 1.54) is 15.9 Å². The predicted octanol–water partition coefficient (Wildman–Crippen LogP) is 3.12. The van der Waals surface area contributed by atoms with Crippen LogP contribution in [0.25, 0.3) is 27.7 Å². The highest BCUT2D eigenvalue weighted by Crippen LogP contribution is 2.21. The number of fused-ring (bicyclic) bond motifs is 4. The summed E-state index contributed by atoms with van der Waals surface area (Å²) >= 11 is 5.98. The van der Waals surface area contributed by atoms with Crippen LogP contribution in [-0.2, 0) is 0 Å². The summed E-state index contributed by atoms with van der Waals surface area (Å²) in [5.41, 5.74) is 1.57. The van der Waals surface area contributed by atoms with Crippen LogP contribution in [0.3, 0.4) is 0 Å². The monoisotopic (exact) mass is 311 g/mol. The zero-order valence-corrected chi connectivity index (χ0v) is 12.3. The fourth-order valence-corrected chi connectivity index (χ4v) is 2.94. The molecule has 0 radical (unpaired) electrons. The van der Waals surface area contributed by atoms with Gasteiger partial charge in [-0.3, -0.25) is 9.59 Å². The quantitative estimate of drug-likeness (QED) is 0.501. The molecule has 0 aliphatic rings. The molecule has 2 aromatic heterocycles. The average molecular weight is 312 g/mol. The molecule has 0 bridgehead atoms. The Balaban J connectivity index is 2.38. The van der Waals surface area contributed by atoms with Gasteiger partial charge < -0.3 is 0 Å². The molecule has 0 spiro atoms. The Kier molecular flexibility index (Phi) is 2.62. The Labute approximate surface area is 129 Å². The van der Waals surface area contributed by atoms with Crippen molar-refractivity contribution < 1.29 is 4.79 Å². The maximum atomic E-state index is 12.8. The fourth-order valence-electron chi connectivity index (χ4n) is 2.77. The summed E-state index contributed by atoms with van der Waals surface area (Å²) in [7, 11) is 0. The molecule has 2 aromatic carbocycles. The van der Waals surface area contributed by atoms with Crippen molar-refractivity contribution in [3.05, 3.63) is 57.8 Å². The maximum Gasteiger partial charge on any atom is 0.267 e. The molecule has 4 rings (SSSR count). The Morgan fingerprint density at radius 3 is 2.59 bits per heavy atom. The number of nitrogens with zero attached hydrogens (tertiary/aromatic N) is 3. The summed E-state index contributed by atoms with van der Waals surface area (Å²) < 4.78 is 2.91. The number of carbonyl (C=O) groups is 1. The molecule has 0 aliphatic carbocycles. The van der Waals surface area contributed by atoms with Gasteiger partial charge in [0.25, 0.3) is 5.56 Å². The van der Waals surface area contributed by atoms with Gasteiger partial charge in [0.2, 0.25) is 11.7 Å². The molecule has 0 amide bonds. The molecule has 22 heavy (non-hydrogen) atoms. The van der Waals surface area contributed by atoms with E-state index < -0.39 is 0 Å². The number of hydrogen-bond acceptors (Lipinski definition) is 3. The van der Waals surface area contributed by atoms with Gasteiger partial charge >= 0.3 is 0 Å². The summed E-state index contributed by atoms with van der Waals surface area (Å²) in [5.74, 6) is 0.0976. The summed E-state index contributed by atoms with van der Waals surface area (Å²) in [6.07, 6.45) is 0. The molecular formula is C16H10ClN3O2. The van der Waals surface area contributed by atoms with Gasteiger partial charge in [-0.1, -0.05) is 23.7 Å². The lowest BCUT2D eigenvalue weighted by molar-refractivity contribution is 0.0945. The first kappa shape index (κ1) is 13.0. The van der Waals surface area contributed by atoms with Gasteiger partial charge in [-0.2, -0.15) is 0 Å². The third-order valence-corrected chi connectivity index (χ3v) is 3.93. The summed E-state index contributed by atoms with van der Waals surface area (Å²) in [5, 5.41) is 0.961. The number of aromatic nitrogens is 3. The van der Waals surface area contributed by atoms with Gasteiger partial charge in [-0.25, -0.2) is 14.0 Å². The van der Waals surface area contributed by atoms with Gasteiger partial charge in [-0.15, -0.1) is 0 Å². The molecule has 5 nitrogen and oxygen atoms in total. The third-order valence-electron chi connectivity index (χ3n) is 3.69. The topological polar surface area (TPSA) is 56.4 Å². The molecule has 0 atom stereocenters. The van der Waals surface area contributed by atoms with Crippen LogP contribution in [0.4, 0.5) is 0 Å². The molecule has 0 unspecified atom stereocenters. The van der Waals surface area contributed by atoms with Crippen LogP contribution in [0.5, 0.6) is 0 Å². The largest absolute Gasteiger partial charge is 0.274 e. The number of hydrogen-bond donors (Lipinski definition) is 0. The van der Waals surface area contributed by atoms with Crippen LogP contribution >= 0.6 is 11.6 Å². The highest BCUT2D eigenvalue weighted by molar-refractivity contribution is 6.31. The highest BCUT2D eigenvalue weighted by atomic mass is 35.5. The molecule has 0 aliphatic heterocycles. The van der Waals surface area contributed by atoms with E-state index in [-0.39, 0.29) is 11.5 Å². The number of halogens is 1. The van der Waals surface area contributed by atoms with Gasteiger partial charge in [0, 0.05) is 11.9 Å². The minimum atomic E-state index is -0.215. The number of para-hydroxylation sites is 2. The van der Waals surface area contributed by atoms with Crippen molar-refractivity contribution in [2.24, 2.45) is 0 Å². The van der Waals surface area contributed by atoms with Crippen LogP contribution in [-0.4, -0.2) is 19.9 Å². The number of imidazole rings is 1. The molecule has 0 saturated heterocycles. The van der Waals surface area contributed by atoms with E-state index in [1.807, 2.05) is 12.1 Å². The first-order chi connectivity index (χ1) is 10.6. The second-order valence-corrected chi connectivity index (χ2v) is 5.49. The van der Waals surface area contributed by atoms with E-state index in [0.29, 0.717) is 32.7 Å². The minimum Gasteiger partial charge on any atom is -0.274 e. The van der Waals surface area contributed by atoms with Crippen molar-refractivity contribution in [1.82, 2.24) is 14.0 Å². The number of carbonyl (C=O) groups excluding carboxylic acids is 1. The molecule has 2 heterocycles. The zero-order valence-electron chi connectivity index (χ0n) is 11.6. The molecule has 0 saturated carbocycles. The molecule has 108 valence electrons. The van der Waals surface area contributed by atoms with Crippen LogP contribution < -0.4 is 5.56 Å². The Bertz CT molecular complexity index is 1140. The fraction of sp³-hybridized carbons (Fsp3) is 0.0625. The molecule has 0 N–H and O–H groups in total. The zero-order chi connectivity index (χ0) is 15.4. The minimum absolute atomic E-state index is 0.202. The average Bonchev–Trinajstić information content (AvgIpc) is 2.81. The van der Waals surface area contributed by atoms with E-state index in [2.05, 4.69) is 4.98 Å². The number of rotatable bonds is 0. The Hall–Kier alpha value is -2.66. The van der Waals surface area contributed by atoms with E-state index in [9.17, 15) is 9.59 Å². The Morgan fingerprint density at radius 1 is 1.14 bits per heavy atom. The molecule has 0 fully saturated rings. The molecule has 6 heteroatoms. The van der Waals surface area contributed by atoms with Gasteiger partial charge in [0.15, 0.2) is 0 Å². The number of benzene rings is 2. The van der Waals surface area contributed by atoms with Crippen LogP contribution in [0, 0.1) is 0 Å². The SMILES string of the molecule is CC(=O)n1c2ccccc2n2c(=O)c3ccc(Cl)cc3nc12. The van der Waals surface area contributed by atoms with Crippen LogP contribution in [0.15, 0.2) is 47.3 Å². The summed E-state index contributed by atoms with van der Waals surface area (Å²) in [4.78, 5) is 29.3. The lowest BCUT2D eigenvalue weighted by Crippen LogP contribution is -2.16. The molecule has 4 aromatic rings. The lowest BCUT2D eigenvalue weighted by atomic mass is 10.2. The first-order valence-corrected chi connectivity index (χ1v) is 7.08. The summed E-state index contributed by atoms with van der Waals surface area (Å²) in [6.45, 7) is 1.45. The van der Waals surface area contributed by atoms with Crippen molar-refractivity contribution in [1.29, 1.82) is 0 Å². The lowest BCUT2D eigenvalue weighted by Gasteiger charge is -2.02. The van der Waals surface area contributed by atoms with E-state index in [1.54, 1.807) is 30.3 Å². The van der Waals surface area contributed by atoms with Crippen LogP contribution in [0.2, 0.25) is 5.02 Å². The van der Waals surface area contributed by atoms with Gasteiger partial charge in [0.1, 0.15) is 0 Å². The third kappa shape index (κ3) is 1.63.